The first-order valence-corrected chi connectivity index (χ1v) is 11.7. The Kier molecular flexibility index (Phi) is 8.38. The van der Waals surface area contributed by atoms with Gasteiger partial charge < -0.3 is 20.1 Å². The number of hydrogen-bond donors (Lipinski definition) is 2. The highest BCUT2D eigenvalue weighted by Gasteiger charge is 2.32. The minimum Gasteiger partial charge on any atom is -0.497 e. The molecule has 1 unspecified atom stereocenters. The van der Waals surface area contributed by atoms with Gasteiger partial charge in [0.1, 0.15) is 17.3 Å². The summed E-state index contributed by atoms with van der Waals surface area (Å²) >= 11 is 0. The van der Waals surface area contributed by atoms with E-state index in [1.165, 1.54) is 9.47 Å². The summed E-state index contributed by atoms with van der Waals surface area (Å²) < 4.78 is 12.2. The van der Waals surface area contributed by atoms with Crippen LogP contribution in [0.15, 0.2) is 27.8 Å². The summed E-state index contributed by atoms with van der Waals surface area (Å²) in [6.45, 7) is 5.27. The molecule has 0 aliphatic carbocycles. The first-order valence-electron chi connectivity index (χ1n) is 11.7. The molecule has 3 rings (SSSR count). The fourth-order valence-electron chi connectivity index (χ4n) is 4.56. The predicted molar refractivity (Wildman–Crippen MR) is 132 cm³/mol. The lowest BCUT2D eigenvalue weighted by atomic mass is 10.0. The number of likely N-dealkylation sites (N-methyl/N-ethyl adjacent to an activating group) is 1. The van der Waals surface area contributed by atoms with Crippen LogP contribution in [0.4, 0.5) is 11.5 Å². The van der Waals surface area contributed by atoms with Gasteiger partial charge >= 0.3 is 5.69 Å². The number of nitrogens with two attached hydrogens (primary N) is 1. The van der Waals surface area contributed by atoms with Gasteiger partial charge in [0.15, 0.2) is 5.69 Å². The molecule has 1 fully saturated rings. The third-order valence-corrected chi connectivity index (χ3v) is 6.34. The van der Waals surface area contributed by atoms with Crippen molar-refractivity contribution >= 4 is 17.4 Å². The van der Waals surface area contributed by atoms with Gasteiger partial charge in [-0.3, -0.25) is 24.0 Å². The van der Waals surface area contributed by atoms with Crippen LogP contribution in [0, 0.1) is 0 Å². The second-order valence-corrected chi connectivity index (χ2v) is 8.37. The lowest BCUT2D eigenvalue weighted by Gasteiger charge is -2.29. The maximum absolute atomic E-state index is 13.4. The molecule has 186 valence electrons. The number of ether oxygens (including phenoxy) is 2. The number of anilines is 2. The summed E-state index contributed by atoms with van der Waals surface area (Å²) in [6.07, 6.45) is 3.41. The van der Waals surface area contributed by atoms with Gasteiger partial charge in [-0.15, -0.1) is 0 Å². The van der Waals surface area contributed by atoms with E-state index in [1.807, 2.05) is 25.1 Å². The molecule has 3 N–H and O–H groups in total. The van der Waals surface area contributed by atoms with E-state index >= 15 is 0 Å². The number of aromatic amines is 1. The molecule has 0 spiro atoms. The predicted octanol–water partition coefficient (Wildman–Crippen LogP) is 2.13. The van der Waals surface area contributed by atoms with Crippen LogP contribution in [0.1, 0.15) is 51.1 Å². The zero-order valence-corrected chi connectivity index (χ0v) is 20.4. The summed E-state index contributed by atoms with van der Waals surface area (Å²) in [5, 5.41) is 0. The molecule has 1 aliphatic heterocycles. The minimum atomic E-state index is -0.653. The van der Waals surface area contributed by atoms with Crippen LogP contribution in [-0.4, -0.2) is 54.2 Å². The van der Waals surface area contributed by atoms with Crippen LogP contribution in [0.2, 0.25) is 0 Å². The topological polar surface area (TPSA) is 123 Å². The fourth-order valence-corrected chi connectivity index (χ4v) is 4.56. The third kappa shape index (κ3) is 5.11. The van der Waals surface area contributed by atoms with Crippen molar-refractivity contribution in [1.82, 2.24) is 14.5 Å². The van der Waals surface area contributed by atoms with Gasteiger partial charge in [-0.05, 0) is 38.8 Å². The van der Waals surface area contributed by atoms with Crippen LogP contribution in [-0.2, 0) is 11.3 Å². The summed E-state index contributed by atoms with van der Waals surface area (Å²) in [7, 11) is 3.22. The van der Waals surface area contributed by atoms with Crippen molar-refractivity contribution in [3.05, 3.63) is 44.6 Å². The lowest BCUT2D eigenvalue weighted by Crippen LogP contribution is -2.45. The molecule has 1 aromatic carbocycles. The van der Waals surface area contributed by atoms with Crippen molar-refractivity contribution in [3.63, 3.8) is 0 Å². The van der Waals surface area contributed by atoms with Gasteiger partial charge in [0.2, 0.25) is 5.91 Å². The average Bonchev–Trinajstić information content (AvgIpc) is 3.28. The lowest BCUT2D eigenvalue weighted by molar-refractivity contribution is -0.120. The Morgan fingerprint density at radius 1 is 1.24 bits per heavy atom. The fraction of sp³-hybridized carbons (Fsp3) is 0.542. The molecule has 2 aromatic rings. The maximum atomic E-state index is 13.4. The van der Waals surface area contributed by atoms with E-state index in [2.05, 4.69) is 9.88 Å². The number of carbonyl (C=O) groups is 1. The Morgan fingerprint density at radius 2 is 2.00 bits per heavy atom. The zero-order chi connectivity index (χ0) is 24.8. The summed E-state index contributed by atoms with van der Waals surface area (Å²) in [5.41, 5.74) is 6.04. The molecule has 2 heterocycles. The molecule has 10 nitrogen and oxygen atoms in total. The molecule has 34 heavy (non-hydrogen) atoms. The number of amides is 1. The van der Waals surface area contributed by atoms with Crippen LogP contribution in [0.25, 0.3) is 0 Å². The number of nitrogens with one attached hydrogen (secondary N) is 1. The number of nitrogen functional groups attached to an aromatic ring is 1. The summed E-state index contributed by atoms with van der Waals surface area (Å²) in [5.74, 6) is 1.18. The number of rotatable bonds is 10. The van der Waals surface area contributed by atoms with E-state index in [4.69, 9.17) is 15.2 Å². The Bertz CT molecular complexity index is 1130. The van der Waals surface area contributed by atoms with Crippen molar-refractivity contribution in [2.45, 2.75) is 52.1 Å². The van der Waals surface area contributed by atoms with Gasteiger partial charge in [-0.25, -0.2) is 4.79 Å². The summed E-state index contributed by atoms with van der Waals surface area (Å²) in [6, 6.07) is 5.69. The number of unbranched alkanes of at least 4 members (excludes halogenated alkanes) is 1. The Morgan fingerprint density at radius 3 is 2.65 bits per heavy atom. The number of benzene rings is 1. The van der Waals surface area contributed by atoms with E-state index in [0.29, 0.717) is 18.0 Å². The smallest absolute Gasteiger partial charge is 0.330 e. The third-order valence-electron chi connectivity index (χ3n) is 6.34. The second kappa shape index (κ2) is 11.2. The van der Waals surface area contributed by atoms with E-state index in [9.17, 15) is 14.4 Å². The molecular weight excluding hydrogens is 438 g/mol. The largest absolute Gasteiger partial charge is 0.497 e. The standard InChI is InChI=1S/C24H35N5O5/c1-5-7-13-29-22(25)21(23(31)26-24(29)32)28(6-2)20(30)15-27-12-8-9-18(27)17-11-10-16(33-3)14-19(17)34-4/h10-11,14,18H,5-9,12-13,15,25H2,1-4H3,(H,26,31,32). The van der Waals surface area contributed by atoms with Crippen molar-refractivity contribution in [2.24, 2.45) is 0 Å². The maximum Gasteiger partial charge on any atom is 0.330 e. The molecule has 0 bridgehead atoms. The first-order chi connectivity index (χ1) is 16.4. The van der Waals surface area contributed by atoms with Crippen LogP contribution >= 0.6 is 0 Å². The highest BCUT2D eigenvalue weighted by atomic mass is 16.5. The van der Waals surface area contributed by atoms with Gasteiger partial charge in [0.05, 0.1) is 20.8 Å². The normalized spacial score (nSPS) is 15.9. The minimum absolute atomic E-state index is 0.00217. The average molecular weight is 474 g/mol. The number of aromatic nitrogens is 2. The number of methoxy groups -OCH3 is 2. The van der Waals surface area contributed by atoms with Crippen LogP contribution < -0.4 is 31.4 Å². The first kappa shape index (κ1) is 25.4. The number of carbonyl (C=O) groups excluding carboxylic acids is 1. The van der Waals surface area contributed by atoms with Gasteiger partial charge in [0.25, 0.3) is 5.56 Å². The monoisotopic (exact) mass is 473 g/mol. The number of H-pyrrole nitrogens is 1. The second-order valence-electron chi connectivity index (χ2n) is 8.37. The van der Waals surface area contributed by atoms with E-state index < -0.39 is 11.2 Å². The molecule has 1 amide bonds. The Hall–Kier alpha value is -3.27. The Labute approximate surface area is 199 Å². The van der Waals surface area contributed by atoms with Gasteiger partial charge in [0, 0.05) is 30.8 Å². The van der Waals surface area contributed by atoms with Crippen molar-refractivity contribution in [2.75, 3.05) is 44.5 Å². The molecule has 1 atom stereocenters. The van der Waals surface area contributed by atoms with E-state index in [1.54, 1.807) is 21.1 Å². The number of nitrogens with zero attached hydrogens (tertiary/aromatic N) is 3. The SMILES string of the molecule is CCCCn1c(N)c(N(CC)C(=O)CN2CCCC2c2ccc(OC)cc2OC)c(=O)[nH]c1=O. The molecule has 0 radical (unpaired) electrons. The molecule has 1 aliphatic rings. The van der Waals surface area contributed by atoms with E-state index in [0.717, 1.165) is 37.8 Å². The molecule has 1 aromatic heterocycles. The quantitative estimate of drug-likeness (QED) is 0.542. The van der Waals surface area contributed by atoms with Crippen molar-refractivity contribution in [3.8, 4) is 11.5 Å². The molecule has 0 saturated carbocycles. The van der Waals surface area contributed by atoms with E-state index in [-0.39, 0.29) is 36.5 Å². The number of likely N-dealkylation sites (tertiary alicyclic amines) is 1. The van der Waals surface area contributed by atoms with Crippen LogP contribution in [0.5, 0.6) is 11.5 Å². The highest BCUT2D eigenvalue weighted by Crippen LogP contribution is 2.38. The highest BCUT2D eigenvalue weighted by molar-refractivity contribution is 5.96. The zero-order valence-electron chi connectivity index (χ0n) is 20.4. The van der Waals surface area contributed by atoms with Crippen LogP contribution in [0.3, 0.4) is 0 Å². The van der Waals surface area contributed by atoms with Gasteiger partial charge in [-0.2, -0.15) is 0 Å². The van der Waals surface area contributed by atoms with Gasteiger partial charge in [-0.1, -0.05) is 19.4 Å². The van der Waals surface area contributed by atoms with Crippen molar-refractivity contribution < 1.29 is 14.3 Å². The molecular formula is C24H35N5O5. The molecule has 10 heteroatoms. The number of hydrogen-bond acceptors (Lipinski definition) is 7. The Balaban J connectivity index is 1.88. The molecule has 1 saturated heterocycles. The van der Waals surface area contributed by atoms with Crippen molar-refractivity contribution in [1.29, 1.82) is 0 Å². The summed E-state index contributed by atoms with van der Waals surface area (Å²) in [4.78, 5) is 44.1.